The number of pyridine rings is 1. The molecular formula is C13H18F2N2O. The van der Waals surface area contributed by atoms with Crippen LogP contribution in [0.5, 0.6) is 0 Å². The predicted octanol–water partition coefficient (Wildman–Crippen LogP) is 2.14. The third kappa shape index (κ3) is 2.46. The van der Waals surface area contributed by atoms with E-state index >= 15 is 0 Å². The van der Waals surface area contributed by atoms with Crippen LogP contribution in [0.25, 0.3) is 0 Å². The van der Waals surface area contributed by atoms with Gasteiger partial charge in [0.2, 0.25) is 0 Å². The van der Waals surface area contributed by atoms with Crippen molar-refractivity contribution in [2.24, 2.45) is 0 Å². The summed E-state index contributed by atoms with van der Waals surface area (Å²) >= 11 is 0. The molecule has 2 rings (SSSR count). The highest BCUT2D eigenvalue weighted by Gasteiger charge is 2.42. The van der Waals surface area contributed by atoms with Crippen LogP contribution in [0.3, 0.4) is 0 Å². The van der Waals surface area contributed by atoms with E-state index in [1.54, 1.807) is 6.20 Å². The topological polar surface area (TPSA) is 34.0 Å². The minimum absolute atomic E-state index is 0.0253. The molecule has 1 fully saturated rings. The molecule has 1 atom stereocenters. The highest BCUT2D eigenvalue weighted by Crippen LogP contribution is 2.37. The van der Waals surface area contributed by atoms with Gasteiger partial charge in [-0.05, 0) is 19.4 Å². The highest BCUT2D eigenvalue weighted by molar-refractivity contribution is 5.20. The summed E-state index contributed by atoms with van der Waals surface area (Å²) in [5.74, 6) is -3.55. The fourth-order valence-electron chi connectivity index (χ4n) is 2.32. The Kier molecular flexibility index (Phi) is 3.52. The van der Waals surface area contributed by atoms with Gasteiger partial charge in [0.25, 0.3) is 11.5 Å². The number of alkyl halides is 2. The number of nitrogens with zero attached hydrogens (tertiary/aromatic N) is 1. The molecule has 5 heteroatoms. The van der Waals surface area contributed by atoms with Gasteiger partial charge in [-0.15, -0.1) is 0 Å². The van der Waals surface area contributed by atoms with Crippen LogP contribution in [-0.4, -0.2) is 23.6 Å². The van der Waals surface area contributed by atoms with Crippen LogP contribution < -0.4 is 10.9 Å². The molecule has 3 nitrogen and oxygen atoms in total. The third-order valence-electron chi connectivity index (χ3n) is 3.41. The van der Waals surface area contributed by atoms with Crippen LogP contribution in [0, 0.1) is 0 Å². The van der Waals surface area contributed by atoms with E-state index in [0.29, 0.717) is 12.1 Å². The Hall–Kier alpha value is -1.23. The zero-order chi connectivity index (χ0) is 13.3. The molecule has 0 radical (unpaired) electrons. The molecular weight excluding hydrogens is 238 g/mol. The molecule has 1 aromatic rings. The molecule has 18 heavy (non-hydrogen) atoms. The van der Waals surface area contributed by atoms with Crippen LogP contribution in [0.1, 0.15) is 37.8 Å². The molecule has 1 saturated heterocycles. The minimum Gasteiger partial charge on any atom is -0.316 e. The number of nitrogens with one attached hydrogen (secondary N) is 1. The normalized spacial score (nSPS) is 23.3. The van der Waals surface area contributed by atoms with Gasteiger partial charge in [0.05, 0.1) is 5.92 Å². The van der Waals surface area contributed by atoms with E-state index in [1.807, 2.05) is 13.8 Å². The fraction of sp³-hybridized carbons (Fsp3) is 0.615. The maximum atomic E-state index is 13.9. The van der Waals surface area contributed by atoms with Crippen LogP contribution in [0.2, 0.25) is 0 Å². The van der Waals surface area contributed by atoms with Crippen LogP contribution >= 0.6 is 0 Å². The number of hydrogen-bond donors (Lipinski definition) is 1. The van der Waals surface area contributed by atoms with Crippen LogP contribution in [0.15, 0.2) is 23.1 Å². The lowest BCUT2D eigenvalue weighted by molar-refractivity contribution is -0.0481. The lowest BCUT2D eigenvalue weighted by atomic mass is 9.89. The Balaban J connectivity index is 2.39. The third-order valence-corrected chi connectivity index (χ3v) is 3.41. The van der Waals surface area contributed by atoms with Gasteiger partial charge in [0.15, 0.2) is 0 Å². The number of halogens is 2. The van der Waals surface area contributed by atoms with E-state index in [2.05, 4.69) is 5.32 Å². The smallest absolute Gasteiger partial charge is 0.257 e. The van der Waals surface area contributed by atoms with Crippen molar-refractivity contribution in [3.05, 3.63) is 34.2 Å². The summed E-state index contributed by atoms with van der Waals surface area (Å²) in [4.78, 5) is 11.6. The number of hydrogen-bond acceptors (Lipinski definition) is 2. The second kappa shape index (κ2) is 4.80. The van der Waals surface area contributed by atoms with Gasteiger partial charge in [-0.25, -0.2) is 8.78 Å². The zero-order valence-electron chi connectivity index (χ0n) is 10.6. The van der Waals surface area contributed by atoms with E-state index in [-0.39, 0.29) is 24.6 Å². The predicted molar refractivity (Wildman–Crippen MR) is 66.3 cm³/mol. The molecule has 1 aliphatic rings. The Morgan fingerprint density at radius 2 is 2.17 bits per heavy atom. The first-order chi connectivity index (χ1) is 8.42. The standard InChI is InChI=1S/C13H18F2N2O/c1-9(2)17-8-10(3-4-12(17)18)11-7-16-6-5-13(11,14)15/h3-4,8-9,11,16H,5-7H2,1-2H3. The second-order valence-electron chi connectivity index (χ2n) is 5.07. The van der Waals surface area contributed by atoms with Crippen molar-refractivity contribution >= 4 is 0 Å². The molecule has 0 spiro atoms. The molecule has 1 unspecified atom stereocenters. The van der Waals surface area contributed by atoms with Crippen LogP contribution in [-0.2, 0) is 0 Å². The summed E-state index contributed by atoms with van der Waals surface area (Å²) in [6.07, 6.45) is 1.41. The van der Waals surface area contributed by atoms with Crippen molar-refractivity contribution < 1.29 is 8.78 Å². The maximum absolute atomic E-state index is 13.9. The summed E-state index contributed by atoms with van der Waals surface area (Å²) in [5, 5.41) is 2.98. The molecule has 0 amide bonds. The van der Waals surface area contributed by atoms with Crippen molar-refractivity contribution in [3.63, 3.8) is 0 Å². The van der Waals surface area contributed by atoms with Gasteiger partial charge in [0, 0.05) is 37.8 Å². The summed E-state index contributed by atoms with van der Waals surface area (Å²) in [7, 11) is 0. The fourth-order valence-corrected chi connectivity index (χ4v) is 2.32. The second-order valence-corrected chi connectivity index (χ2v) is 5.07. The Bertz CT molecular complexity index is 482. The molecule has 100 valence electrons. The summed E-state index contributed by atoms with van der Waals surface area (Å²) < 4.78 is 29.2. The summed E-state index contributed by atoms with van der Waals surface area (Å²) in [5.41, 5.74) is 0.376. The van der Waals surface area contributed by atoms with Gasteiger partial charge in [0.1, 0.15) is 0 Å². The highest BCUT2D eigenvalue weighted by atomic mass is 19.3. The molecule has 2 heterocycles. The van der Waals surface area contributed by atoms with Gasteiger partial charge >= 0.3 is 0 Å². The molecule has 0 bridgehead atoms. The molecule has 0 saturated carbocycles. The first-order valence-electron chi connectivity index (χ1n) is 6.22. The average molecular weight is 256 g/mol. The lowest BCUT2D eigenvalue weighted by Crippen LogP contribution is -2.43. The molecule has 1 aromatic heterocycles. The largest absolute Gasteiger partial charge is 0.316 e. The van der Waals surface area contributed by atoms with E-state index in [1.165, 1.54) is 16.7 Å². The summed E-state index contributed by atoms with van der Waals surface area (Å²) in [6, 6.07) is 2.87. The van der Waals surface area contributed by atoms with Crippen molar-refractivity contribution in [3.8, 4) is 0 Å². The van der Waals surface area contributed by atoms with Gasteiger partial charge in [-0.3, -0.25) is 4.79 Å². The monoisotopic (exact) mass is 256 g/mol. The Morgan fingerprint density at radius 3 is 2.78 bits per heavy atom. The average Bonchev–Trinajstić information content (AvgIpc) is 2.29. The number of rotatable bonds is 2. The van der Waals surface area contributed by atoms with Crippen molar-refractivity contribution in [2.45, 2.75) is 38.2 Å². The van der Waals surface area contributed by atoms with Crippen molar-refractivity contribution in [2.75, 3.05) is 13.1 Å². The van der Waals surface area contributed by atoms with E-state index in [4.69, 9.17) is 0 Å². The first-order valence-corrected chi connectivity index (χ1v) is 6.22. The molecule has 1 N–H and O–H groups in total. The quantitative estimate of drug-likeness (QED) is 0.879. The SMILES string of the molecule is CC(C)n1cc(C2CNCCC2(F)F)ccc1=O. The Labute approximate surface area is 105 Å². The van der Waals surface area contributed by atoms with Crippen molar-refractivity contribution in [1.82, 2.24) is 9.88 Å². The lowest BCUT2D eigenvalue weighted by Gasteiger charge is -2.32. The maximum Gasteiger partial charge on any atom is 0.257 e. The zero-order valence-corrected chi connectivity index (χ0v) is 10.6. The first kappa shape index (κ1) is 13.2. The summed E-state index contributed by atoms with van der Waals surface area (Å²) in [6.45, 7) is 4.32. The van der Waals surface area contributed by atoms with Gasteiger partial charge in [-0.1, -0.05) is 6.07 Å². The molecule has 0 aliphatic carbocycles. The van der Waals surface area contributed by atoms with Crippen molar-refractivity contribution in [1.29, 1.82) is 0 Å². The van der Waals surface area contributed by atoms with E-state index in [0.717, 1.165) is 0 Å². The minimum atomic E-state index is -2.70. The number of piperidine rings is 1. The van der Waals surface area contributed by atoms with E-state index < -0.39 is 11.8 Å². The van der Waals surface area contributed by atoms with Crippen LogP contribution in [0.4, 0.5) is 8.78 Å². The van der Waals surface area contributed by atoms with Gasteiger partial charge < -0.3 is 9.88 Å². The molecule has 0 aromatic carbocycles. The molecule has 1 aliphatic heterocycles. The Morgan fingerprint density at radius 1 is 1.44 bits per heavy atom. The van der Waals surface area contributed by atoms with Gasteiger partial charge in [-0.2, -0.15) is 0 Å². The van der Waals surface area contributed by atoms with E-state index in [9.17, 15) is 13.6 Å². The number of aromatic nitrogens is 1.